The van der Waals surface area contributed by atoms with Gasteiger partial charge in [-0.15, -0.1) is 11.8 Å². The molecule has 4 heterocycles. The predicted molar refractivity (Wildman–Crippen MR) is 182 cm³/mol. The first kappa shape index (κ1) is 35.4. The second kappa shape index (κ2) is 14.8. The molecule has 14 heteroatoms. The molecule has 3 unspecified atom stereocenters. The van der Waals surface area contributed by atoms with Crippen molar-refractivity contribution in [1.29, 1.82) is 0 Å². The van der Waals surface area contributed by atoms with Gasteiger partial charge in [0.1, 0.15) is 23.2 Å². The van der Waals surface area contributed by atoms with E-state index >= 15 is 0 Å². The molecule has 3 saturated heterocycles. The topological polar surface area (TPSA) is 164 Å². The molecule has 13 nitrogen and oxygen atoms in total. The highest BCUT2D eigenvalue weighted by atomic mass is 32.2. The van der Waals surface area contributed by atoms with Crippen molar-refractivity contribution in [3.05, 3.63) is 12.2 Å². The quantitative estimate of drug-likeness (QED) is 0.235. The van der Waals surface area contributed by atoms with Crippen LogP contribution in [0.3, 0.4) is 0 Å². The Labute approximate surface area is 288 Å². The summed E-state index contributed by atoms with van der Waals surface area (Å²) in [7, 11) is 0. The molecule has 3 amide bonds. The molecule has 268 valence electrons. The SMILES string of the molecule is CC(C)(C)OC(=O)N[C@H]1CCCCC/C=C\[C@@H]2C[C@@]2(C(=O)O)NC(=O)[C@@H]2C[C@H](N3NC(C4CCCCC4)C(C4NCCS4)N3)CN2C1=O. The number of allylic oxidation sites excluding steroid dienone is 1. The van der Waals surface area contributed by atoms with Crippen LogP contribution in [0, 0.1) is 11.8 Å². The van der Waals surface area contributed by atoms with E-state index in [0.717, 1.165) is 31.6 Å². The lowest BCUT2D eigenvalue weighted by atomic mass is 9.81. The molecule has 6 aliphatic rings. The number of nitrogens with one attached hydrogen (secondary N) is 5. The van der Waals surface area contributed by atoms with Gasteiger partial charge in [0.05, 0.1) is 17.5 Å². The molecule has 0 radical (unpaired) electrons. The molecule has 2 aliphatic carbocycles. The molecule has 2 saturated carbocycles. The molecule has 4 aliphatic heterocycles. The van der Waals surface area contributed by atoms with Gasteiger partial charge in [0.2, 0.25) is 11.8 Å². The number of carboxylic acids is 1. The van der Waals surface area contributed by atoms with E-state index in [1.54, 1.807) is 25.7 Å². The van der Waals surface area contributed by atoms with Crippen LogP contribution in [-0.4, -0.2) is 105 Å². The predicted octanol–water partition coefficient (Wildman–Crippen LogP) is 2.63. The van der Waals surface area contributed by atoms with Crippen molar-refractivity contribution in [2.45, 2.75) is 145 Å². The number of rotatable bonds is 5. The van der Waals surface area contributed by atoms with E-state index < -0.39 is 41.2 Å². The van der Waals surface area contributed by atoms with Crippen molar-refractivity contribution in [3.63, 3.8) is 0 Å². The van der Waals surface area contributed by atoms with E-state index in [9.17, 15) is 24.3 Å². The second-order valence-corrected chi connectivity index (χ2v) is 16.8. The van der Waals surface area contributed by atoms with E-state index in [0.29, 0.717) is 31.6 Å². The minimum atomic E-state index is -1.37. The third-order valence-electron chi connectivity index (χ3n) is 10.9. The fourth-order valence-corrected chi connectivity index (χ4v) is 9.43. The Hall–Kier alpha value is -2.39. The number of carbonyl (C=O) groups is 4. The number of carbonyl (C=O) groups excluding carboxylic acids is 3. The Kier molecular flexibility index (Phi) is 11.0. The van der Waals surface area contributed by atoms with Crippen LogP contribution < -0.4 is 26.8 Å². The lowest BCUT2D eigenvalue weighted by molar-refractivity contribution is -0.145. The molecular formula is C34H55N7O6S. The number of hydrogen-bond acceptors (Lipinski definition) is 10. The number of thioether (sulfide) groups is 1. The monoisotopic (exact) mass is 689 g/mol. The maximum Gasteiger partial charge on any atom is 0.408 e. The number of aliphatic carboxylic acids is 1. The molecular weight excluding hydrogens is 634 g/mol. The van der Waals surface area contributed by atoms with E-state index in [1.165, 1.54) is 32.1 Å². The van der Waals surface area contributed by atoms with Gasteiger partial charge in [-0.3, -0.25) is 9.59 Å². The zero-order valence-electron chi connectivity index (χ0n) is 28.7. The third kappa shape index (κ3) is 7.98. The summed E-state index contributed by atoms with van der Waals surface area (Å²) in [6.45, 7) is 6.54. The smallest absolute Gasteiger partial charge is 0.408 e. The number of ether oxygens (including phenoxy) is 1. The first-order valence-corrected chi connectivity index (χ1v) is 19.2. The van der Waals surface area contributed by atoms with Gasteiger partial charge in [0, 0.05) is 30.8 Å². The number of hydrazine groups is 2. The normalized spacial score (nSPS) is 37.9. The number of nitrogens with zero attached hydrogens (tertiary/aromatic N) is 2. The summed E-state index contributed by atoms with van der Waals surface area (Å²) < 4.78 is 5.53. The fourth-order valence-electron chi connectivity index (χ4n) is 8.27. The first-order valence-electron chi connectivity index (χ1n) is 18.1. The van der Waals surface area contributed by atoms with Crippen molar-refractivity contribution < 1.29 is 29.0 Å². The van der Waals surface area contributed by atoms with Crippen molar-refractivity contribution in [3.8, 4) is 0 Å². The Morgan fingerprint density at radius 3 is 2.48 bits per heavy atom. The Morgan fingerprint density at radius 1 is 1.04 bits per heavy atom. The van der Waals surface area contributed by atoms with Gasteiger partial charge in [0.15, 0.2) is 0 Å². The van der Waals surface area contributed by atoms with Crippen LogP contribution in [0.1, 0.15) is 97.8 Å². The highest BCUT2D eigenvalue weighted by molar-refractivity contribution is 8.00. The summed E-state index contributed by atoms with van der Waals surface area (Å²) in [5.74, 6) is -0.583. The van der Waals surface area contributed by atoms with Crippen LogP contribution in [-0.2, 0) is 19.1 Å². The van der Waals surface area contributed by atoms with Crippen molar-refractivity contribution >= 4 is 35.6 Å². The van der Waals surface area contributed by atoms with Crippen molar-refractivity contribution in [1.82, 2.24) is 36.8 Å². The molecule has 0 aromatic heterocycles. The van der Waals surface area contributed by atoms with Crippen LogP contribution >= 0.6 is 11.8 Å². The maximum atomic E-state index is 14.4. The van der Waals surface area contributed by atoms with Crippen LogP contribution in [0.5, 0.6) is 0 Å². The van der Waals surface area contributed by atoms with Crippen LogP contribution in [0.15, 0.2) is 12.2 Å². The largest absolute Gasteiger partial charge is 0.479 e. The summed E-state index contributed by atoms with van der Waals surface area (Å²) in [6.07, 6.45) is 13.6. The van der Waals surface area contributed by atoms with E-state index in [2.05, 4.69) is 26.8 Å². The summed E-state index contributed by atoms with van der Waals surface area (Å²) in [4.78, 5) is 55.6. The van der Waals surface area contributed by atoms with Crippen molar-refractivity contribution in [2.24, 2.45) is 11.8 Å². The number of fused-ring (bicyclic) bond motifs is 2. The van der Waals surface area contributed by atoms with Gasteiger partial charge >= 0.3 is 12.1 Å². The van der Waals surface area contributed by atoms with Gasteiger partial charge in [-0.1, -0.05) is 44.3 Å². The van der Waals surface area contributed by atoms with Gasteiger partial charge in [-0.25, -0.2) is 20.4 Å². The van der Waals surface area contributed by atoms with Crippen LogP contribution in [0.25, 0.3) is 0 Å². The highest BCUT2D eigenvalue weighted by Crippen LogP contribution is 2.45. The van der Waals surface area contributed by atoms with Crippen molar-refractivity contribution in [2.75, 3.05) is 18.8 Å². The summed E-state index contributed by atoms with van der Waals surface area (Å²) >= 11 is 1.93. The lowest BCUT2D eigenvalue weighted by Gasteiger charge is -2.32. The van der Waals surface area contributed by atoms with Gasteiger partial charge in [-0.05, 0) is 71.6 Å². The highest BCUT2D eigenvalue weighted by Gasteiger charge is 2.61. The molecule has 6 N–H and O–H groups in total. The average molecular weight is 690 g/mol. The van der Waals surface area contributed by atoms with Gasteiger partial charge in [0.25, 0.3) is 0 Å². The van der Waals surface area contributed by atoms with Gasteiger partial charge < -0.3 is 30.7 Å². The second-order valence-electron chi connectivity index (χ2n) is 15.6. The number of carboxylic acid groups (broad SMARTS) is 1. The van der Waals surface area contributed by atoms with E-state index in [-0.39, 0.29) is 41.9 Å². The molecule has 0 bridgehead atoms. The molecule has 0 aromatic rings. The number of amides is 3. The van der Waals surface area contributed by atoms with Crippen LogP contribution in [0.2, 0.25) is 0 Å². The fraction of sp³-hybridized carbons (Fsp3) is 0.824. The van der Waals surface area contributed by atoms with E-state index in [4.69, 9.17) is 4.74 Å². The minimum Gasteiger partial charge on any atom is -0.479 e. The third-order valence-corrected chi connectivity index (χ3v) is 12.1. The summed E-state index contributed by atoms with van der Waals surface area (Å²) in [5.41, 5.74) is 5.42. The minimum absolute atomic E-state index is 0.152. The Bertz CT molecular complexity index is 1230. The Morgan fingerprint density at radius 2 is 1.77 bits per heavy atom. The van der Waals surface area contributed by atoms with E-state index in [1.807, 2.05) is 29.0 Å². The molecule has 48 heavy (non-hydrogen) atoms. The van der Waals surface area contributed by atoms with Crippen LogP contribution in [0.4, 0.5) is 4.79 Å². The standard InChI is InChI=1S/C34H55N7O6S/c1-33(2,3)47-32(46)36-24-15-11-6-4-5-10-14-22-19-34(22,31(44)45)37-28(42)25-18-23(20-40(25)30(24)43)41-38-26(21-12-8-7-9-13-21)27(39-41)29-35-16-17-48-29/h10,14,21-27,29,35,38-39H,4-9,11-13,15-20H2,1-3H3,(H,36,46)(H,37,42)(H,44,45)/b14-10-/t22-,23+,24+,25+,26?,27?,29?,34-/m1/s1. The Balaban J connectivity index is 1.26. The lowest BCUT2D eigenvalue weighted by Crippen LogP contribution is -2.56. The molecule has 0 aromatic carbocycles. The van der Waals surface area contributed by atoms with Gasteiger partial charge in [-0.2, -0.15) is 5.12 Å². The summed E-state index contributed by atoms with van der Waals surface area (Å²) in [6, 6.07) is -1.65. The molecule has 8 atom stereocenters. The zero-order valence-corrected chi connectivity index (χ0v) is 29.5. The number of alkyl carbamates (subject to hydrolysis) is 1. The maximum absolute atomic E-state index is 14.4. The molecule has 5 fully saturated rings. The summed E-state index contributed by atoms with van der Waals surface area (Å²) in [5, 5.41) is 21.8. The average Bonchev–Trinajstić information content (AvgIpc) is 3.50. The first-order chi connectivity index (χ1) is 22.9. The molecule has 6 rings (SSSR count). The number of hydrogen-bond donors (Lipinski definition) is 6. The zero-order chi connectivity index (χ0) is 34.1. The molecule has 0 spiro atoms.